The molecule has 0 saturated carbocycles. The van der Waals surface area contributed by atoms with Crippen LogP contribution in [0.1, 0.15) is 34.1 Å². The van der Waals surface area contributed by atoms with Gasteiger partial charge in [-0.1, -0.05) is 27.7 Å². The van der Waals surface area contributed by atoms with E-state index in [4.69, 9.17) is 5.11 Å². The molecule has 0 aliphatic carbocycles. The Hall–Kier alpha value is -0.120. The minimum absolute atomic E-state index is 0.0192. The summed E-state index contributed by atoms with van der Waals surface area (Å²) in [5, 5.41) is 12.6. The van der Waals surface area contributed by atoms with Crippen LogP contribution in [0.15, 0.2) is 0 Å². The Morgan fingerprint density at radius 3 is 2.19 bits per heavy atom. The second-order valence-corrected chi connectivity index (χ2v) is 6.20. The van der Waals surface area contributed by atoms with E-state index in [0.717, 1.165) is 19.0 Å². The Bertz CT molecular complexity index is 179. The lowest BCUT2D eigenvalue weighted by Crippen LogP contribution is -2.42. The van der Waals surface area contributed by atoms with Gasteiger partial charge in [-0.15, -0.1) is 0 Å². The molecule has 16 heavy (non-hydrogen) atoms. The lowest BCUT2D eigenvalue weighted by molar-refractivity contribution is 0.151. The Balaban J connectivity index is 3.94. The molecule has 0 aromatic carbocycles. The molecule has 0 aliphatic heterocycles. The Morgan fingerprint density at radius 1 is 1.25 bits per heavy atom. The Morgan fingerprint density at radius 2 is 1.81 bits per heavy atom. The Kier molecular flexibility index (Phi) is 7.20. The molecule has 0 aromatic rings. The maximum absolute atomic E-state index is 9.16. The van der Waals surface area contributed by atoms with Crippen molar-refractivity contribution >= 4 is 0 Å². The molecular weight excluding hydrogens is 200 g/mol. The summed E-state index contributed by atoms with van der Waals surface area (Å²) in [4.78, 5) is 2.28. The van der Waals surface area contributed by atoms with Crippen molar-refractivity contribution < 1.29 is 5.11 Å². The summed E-state index contributed by atoms with van der Waals surface area (Å²) in [6.45, 7) is 10.8. The van der Waals surface area contributed by atoms with Crippen LogP contribution in [-0.4, -0.2) is 49.8 Å². The van der Waals surface area contributed by atoms with Crippen LogP contribution < -0.4 is 5.32 Å². The van der Waals surface area contributed by atoms with Crippen LogP contribution in [0.25, 0.3) is 0 Å². The van der Waals surface area contributed by atoms with Gasteiger partial charge >= 0.3 is 0 Å². The summed E-state index contributed by atoms with van der Waals surface area (Å²) < 4.78 is 0. The second kappa shape index (κ2) is 7.25. The van der Waals surface area contributed by atoms with E-state index >= 15 is 0 Å². The molecular formula is C13H30N2O. The highest BCUT2D eigenvalue weighted by molar-refractivity contribution is 4.75. The van der Waals surface area contributed by atoms with Gasteiger partial charge in [-0.25, -0.2) is 0 Å². The average Bonchev–Trinajstić information content (AvgIpc) is 2.15. The summed E-state index contributed by atoms with van der Waals surface area (Å²) >= 11 is 0. The largest absolute Gasteiger partial charge is 0.396 e. The molecule has 3 nitrogen and oxygen atoms in total. The number of rotatable bonds is 8. The van der Waals surface area contributed by atoms with E-state index in [1.165, 1.54) is 6.42 Å². The first-order valence-corrected chi connectivity index (χ1v) is 6.26. The first-order chi connectivity index (χ1) is 7.28. The maximum Gasteiger partial charge on any atom is 0.0494 e. The van der Waals surface area contributed by atoms with Crippen LogP contribution in [0.3, 0.4) is 0 Å². The molecule has 0 spiro atoms. The van der Waals surface area contributed by atoms with Crippen molar-refractivity contribution in [3.8, 4) is 0 Å². The number of aliphatic hydroxyl groups is 1. The number of hydrogen-bond acceptors (Lipinski definition) is 3. The molecule has 0 fully saturated rings. The fraction of sp³-hybridized carbons (Fsp3) is 1.00. The van der Waals surface area contributed by atoms with E-state index in [1.54, 1.807) is 0 Å². The molecule has 0 aliphatic rings. The predicted octanol–water partition coefficient (Wildman–Crippen LogP) is 1.57. The summed E-state index contributed by atoms with van der Waals surface area (Å²) in [7, 11) is 4.26. The molecule has 0 saturated heterocycles. The smallest absolute Gasteiger partial charge is 0.0494 e. The molecule has 0 amide bonds. The van der Waals surface area contributed by atoms with Crippen molar-refractivity contribution in [3.63, 3.8) is 0 Å². The van der Waals surface area contributed by atoms with Gasteiger partial charge in [-0.2, -0.15) is 0 Å². The van der Waals surface area contributed by atoms with Gasteiger partial charge in [0, 0.05) is 31.2 Å². The van der Waals surface area contributed by atoms with Crippen LogP contribution in [-0.2, 0) is 0 Å². The SMILES string of the molecule is CC(C)CC(CNCC(C)(C)CO)N(C)C. The van der Waals surface area contributed by atoms with Gasteiger partial charge < -0.3 is 15.3 Å². The van der Waals surface area contributed by atoms with Crippen molar-refractivity contribution in [2.45, 2.75) is 40.2 Å². The molecule has 0 aromatic heterocycles. The standard InChI is InChI=1S/C13H30N2O/c1-11(2)7-12(15(5)6)8-14-9-13(3,4)10-16/h11-12,14,16H,7-10H2,1-6H3. The predicted molar refractivity (Wildman–Crippen MR) is 70.7 cm³/mol. The first-order valence-electron chi connectivity index (χ1n) is 6.26. The topological polar surface area (TPSA) is 35.5 Å². The number of aliphatic hydroxyl groups excluding tert-OH is 1. The Labute approximate surface area is 101 Å². The van der Waals surface area contributed by atoms with Crippen LogP contribution in [0.5, 0.6) is 0 Å². The molecule has 0 rings (SSSR count). The molecule has 1 unspecified atom stereocenters. The monoisotopic (exact) mass is 230 g/mol. The van der Waals surface area contributed by atoms with Crippen LogP contribution in [0.2, 0.25) is 0 Å². The van der Waals surface area contributed by atoms with Crippen LogP contribution >= 0.6 is 0 Å². The van der Waals surface area contributed by atoms with Gasteiger partial charge in [-0.3, -0.25) is 0 Å². The number of hydrogen-bond donors (Lipinski definition) is 2. The van der Waals surface area contributed by atoms with Gasteiger partial charge in [0.1, 0.15) is 0 Å². The van der Waals surface area contributed by atoms with Gasteiger partial charge in [0.05, 0.1) is 0 Å². The second-order valence-electron chi connectivity index (χ2n) is 6.20. The molecule has 98 valence electrons. The highest BCUT2D eigenvalue weighted by Gasteiger charge is 2.18. The number of nitrogens with one attached hydrogen (secondary N) is 1. The molecule has 0 bridgehead atoms. The highest BCUT2D eigenvalue weighted by atomic mass is 16.3. The molecule has 0 radical (unpaired) electrons. The molecule has 1 atom stereocenters. The minimum Gasteiger partial charge on any atom is -0.396 e. The zero-order chi connectivity index (χ0) is 12.8. The van der Waals surface area contributed by atoms with Crippen molar-refractivity contribution in [2.75, 3.05) is 33.8 Å². The minimum atomic E-state index is -0.0192. The van der Waals surface area contributed by atoms with E-state index in [0.29, 0.717) is 6.04 Å². The first kappa shape index (κ1) is 15.9. The quantitative estimate of drug-likeness (QED) is 0.664. The lowest BCUT2D eigenvalue weighted by Gasteiger charge is -2.29. The van der Waals surface area contributed by atoms with Gasteiger partial charge in [0.25, 0.3) is 0 Å². The maximum atomic E-state index is 9.16. The van der Waals surface area contributed by atoms with Crippen molar-refractivity contribution in [3.05, 3.63) is 0 Å². The summed E-state index contributed by atoms with van der Waals surface area (Å²) in [6.07, 6.45) is 1.21. The van der Waals surface area contributed by atoms with Crippen LogP contribution in [0.4, 0.5) is 0 Å². The zero-order valence-corrected chi connectivity index (χ0v) is 11.9. The van der Waals surface area contributed by atoms with E-state index in [2.05, 4.69) is 52.0 Å². The summed E-state index contributed by atoms with van der Waals surface area (Å²) in [5.74, 6) is 0.722. The summed E-state index contributed by atoms with van der Waals surface area (Å²) in [5.41, 5.74) is -0.0192. The van der Waals surface area contributed by atoms with E-state index < -0.39 is 0 Å². The van der Waals surface area contributed by atoms with E-state index in [1.807, 2.05) is 0 Å². The molecule has 2 N–H and O–H groups in total. The third kappa shape index (κ3) is 7.20. The highest BCUT2D eigenvalue weighted by Crippen LogP contribution is 2.12. The fourth-order valence-electron chi connectivity index (χ4n) is 1.65. The third-order valence-electron chi connectivity index (χ3n) is 2.89. The number of nitrogens with zero attached hydrogens (tertiary/aromatic N) is 1. The zero-order valence-electron chi connectivity index (χ0n) is 11.9. The van der Waals surface area contributed by atoms with Gasteiger partial charge in [-0.05, 0) is 26.4 Å². The summed E-state index contributed by atoms with van der Waals surface area (Å²) in [6, 6.07) is 0.578. The normalized spacial score (nSPS) is 14.8. The van der Waals surface area contributed by atoms with Crippen molar-refractivity contribution in [1.29, 1.82) is 0 Å². The van der Waals surface area contributed by atoms with Gasteiger partial charge in [0.2, 0.25) is 0 Å². The van der Waals surface area contributed by atoms with E-state index in [9.17, 15) is 0 Å². The van der Waals surface area contributed by atoms with Gasteiger partial charge in [0.15, 0.2) is 0 Å². The molecule has 0 heterocycles. The van der Waals surface area contributed by atoms with Crippen molar-refractivity contribution in [1.82, 2.24) is 10.2 Å². The molecule has 3 heteroatoms. The van der Waals surface area contributed by atoms with E-state index in [-0.39, 0.29) is 12.0 Å². The van der Waals surface area contributed by atoms with Crippen LogP contribution in [0, 0.1) is 11.3 Å². The van der Waals surface area contributed by atoms with Crippen molar-refractivity contribution in [2.24, 2.45) is 11.3 Å². The average molecular weight is 230 g/mol. The fourth-order valence-corrected chi connectivity index (χ4v) is 1.65. The lowest BCUT2D eigenvalue weighted by atomic mass is 9.94. The number of likely N-dealkylation sites (N-methyl/N-ethyl adjacent to an activating group) is 1. The third-order valence-corrected chi connectivity index (χ3v) is 2.89.